The van der Waals surface area contributed by atoms with Gasteiger partial charge < -0.3 is 9.13 Å². The Hall–Kier alpha value is -11.1. The molecule has 4 aromatic heterocycles. The molecule has 0 saturated carbocycles. The van der Waals surface area contributed by atoms with E-state index in [1.165, 1.54) is 20.2 Å². The van der Waals surface area contributed by atoms with Crippen molar-refractivity contribution in [3.05, 3.63) is 296 Å². The summed E-state index contributed by atoms with van der Waals surface area (Å²) < 4.78 is 9.41. The molecule has 0 N–H and O–H groups in total. The average molecular weight is 1130 g/mol. The molecule has 0 spiro atoms. The van der Waals surface area contributed by atoms with Gasteiger partial charge in [-0.25, -0.2) is 4.85 Å². The van der Waals surface area contributed by atoms with Gasteiger partial charge in [-0.2, -0.15) is 5.26 Å². The maximum Gasteiger partial charge on any atom is 0.220 e. The van der Waals surface area contributed by atoms with Crippen molar-refractivity contribution in [2.45, 2.75) is 0 Å². The van der Waals surface area contributed by atoms with Crippen LogP contribution in [0.2, 0.25) is 0 Å². The first-order valence-electron chi connectivity index (χ1n) is 28.8. The van der Waals surface area contributed by atoms with Gasteiger partial charge in [0.05, 0.1) is 55.0 Å². The minimum atomic E-state index is 0.391. The molecule has 86 heavy (non-hydrogen) atoms. The second-order valence-electron chi connectivity index (χ2n) is 22.0. The zero-order chi connectivity index (χ0) is 57.0. The molecule has 398 valence electrons. The van der Waals surface area contributed by atoms with E-state index in [9.17, 15) is 11.8 Å². The Kier molecular flexibility index (Phi) is 11.4. The third-order valence-electron chi connectivity index (χ3n) is 17.3. The minimum absolute atomic E-state index is 0.391. The number of hydrogen-bond acceptors (Lipinski definition) is 3. The lowest BCUT2D eigenvalue weighted by molar-refractivity contribution is 1.14. The molecule has 0 bridgehead atoms. The third-order valence-corrected chi connectivity index (χ3v) is 19.7. The Balaban J connectivity index is 1.20. The Morgan fingerprint density at radius 3 is 1.16 bits per heavy atom. The van der Waals surface area contributed by atoms with Crippen molar-refractivity contribution < 1.29 is 0 Å². The lowest BCUT2D eigenvalue weighted by Crippen LogP contribution is -2.09. The largest absolute Gasteiger partial charge is 0.318 e. The van der Waals surface area contributed by atoms with Crippen LogP contribution in [0.5, 0.6) is 0 Å². The summed E-state index contributed by atoms with van der Waals surface area (Å²) in [7, 11) is 0. The predicted molar refractivity (Wildman–Crippen MR) is 364 cm³/mol. The molecular formula is C80H46N4S2. The van der Waals surface area contributed by atoms with Gasteiger partial charge in [-0.1, -0.05) is 224 Å². The number of thiophene rings is 2. The predicted octanol–water partition coefficient (Wildman–Crippen LogP) is 23.0. The van der Waals surface area contributed by atoms with E-state index in [-0.39, 0.29) is 0 Å². The molecule has 4 nitrogen and oxygen atoms in total. The van der Waals surface area contributed by atoms with Crippen molar-refractivity contribution in [3.8, 4) is 84.2 Å². The summed E-state index contributed by atoms with van der Waals surface area (Å²) >= 11 is 3.62. The van der Waals surface area contributed by atoms with Crippen LogP contribution in [0.15, 0.2) is 279 Å². The second-order valence-corrected chi connectivity index (χ2v) is 24.1. The molecule has 17 rings (SSSR count). The SMILES string of the molecule is [C-]#[N+]c1c(-c2ccccc2)c(C#N)c(-n2c3c(cc(-c4ccccc4)c4c5ccccc5sc43)c3cc(-c4ccccc4)c4c5ccccc5sc4c32)c(-c2cc(-c3ccccc3)cc(-c3ccccc3)c2)c1-n1c2ccccc2c2ccccc21. The van der Waals surface area contributed by atoms with Gasteiger partial charge in [0, 0.05) is 63.6 Å². The summed E-state index contributed by atoms with van der Waals surface area (Å²) in [5.41, 5.74) is 17.8. The molecule has 0 saturated heterocycles. The van der Waals surface area contributed by atoms with Gasteiger partial charge in [0.15, 0.2) is 0 Å². The second kappa shape index (κ2) is 19.8. The van der Waals surface area contributed by atoms with E-state index in [4.69, 9.17) is 4.85 Å². The maximum atomic E-state index is 12.8. The summed E-state index contributed by atoms with van der Waals surface area (Å²) in [6, 6.07) is 102. The van der Waals surface area contributed by atoms with Gasteiger partial charge in [-0.05, 0) is 110 Å². The third kappa shape index (κ3) is 7.45. The van der Waals surface area contributed by atoms with E-state index in [1.54, 1.807) is 0 Å². The zero-order valence-electron chi connectivity index (χ0n) is 46.2. The standard InChI is InChI=1S/C80H46N4S2/c1-82-74-70(53-33-15-6-16-34-53)65(48-81)75(71(78(74)83-66-39-21-17-35-57(66)58-36-18-22-40-67(58)83)56-44-54(49-25-7-2-8-26-49)43-55(45-56)50-27-9-3-10-28-50)84-76-63(46-61(51-29-11-4-12-30-51)72-59-37-19-23-41-68(59)85-79(72)76)64-47-62(52-31-13-5-14-32-52)73-60-38-20-24-42-69(60)86-80(73)77(64)84/h2-47H. The van der Waals surface area contributed by atoms with Gasteiger partial charge in [-0.15, -0.1) is 22.7 Å². The molecule has 0 unspecified atom stereocenters. The van der Waals surface area contributed by atoms with E-state index >= 15 is 0 Å². The summed E-state index contributed by atoms with van der Waals surface area (Å²) in [4.78, 5) is 4.74. The molecule has 6 heteroatoms. The van der Waals surface area contributed by atoms with Crippen molar-refractivity contribution in [1.29, 1.82) is 5.26 Å². The van der Waals surface area contributed by atoms with Crippen LogP contribution in [-0.2, 0) is 0 Å². The number of nitriles is 1. The van der Waals surface area contributed by atoms with Crippen LogP contribution in [0.4, 0.5) is 5.69 Å². The highest BCUT2D eigenvalue weighted by molar-refractivity contribution is 7.27. The fraction of sp³-hybridized carbons (Fsp3) is 0. The Labute approximate surface area is 503 Å². The fourth-order valence-electron chi connectivity index (χ4n) is 13.7. The van der Waals surface area contributed by atoms with Gasteiger partial charge in [0.1, 0.15) is 6.07 Å². The minimum Gasteiger partial charge on any atom is -0.318 e. The first-order chi connectivity index (χ1) is 42.6. The van der Waals surface area contributed by atoms with E-state index < -0.39 is 0 Å². The van der Waals surface area contributed by atoms with Crippen molar-refractivity contribution in [2.75, 3.05) is 0 Å². The summed E-state index contributed by atoms with van der Waals surface area (Å²) in [6.07, 6.45) is 0. The highest BCUT2D eigenvalue weighted by Gasteiger charge is 2.34. The topological polar surface area (TPSA) is 38.0 Å². The normalized spacial score (nSPS) is 11.7. The monoisotopic (exact) mass is 1130 g/mol. The number of nitrogens with zero attached hydrogens (tertiary/aromatic N) is 4. The van der Waals surface area contributed by atoms with E-state index in [0.29, 0.717) is 28.2 Å². The van der Waals surface area contributed by atoms with Crippen LogP contribution in [0, 0.1) is 17.9 Å². The van der Waals surface area contributed by atoms with E-state index in [2.05, 4.69) is 276 Å². The van der Waals surface area contributed by atoms with Crippen LogP contribution in [0.25, 0.3) is 167 Å². The first-order valence-corrected chi connectivity index (χ1v) is 30.5. The lowest BCUT2D eigenvalue weighted by atomic mass is 9.86. The molecule has 17 aromatic rings. The summed E-state index contributed by atoms with van der Waals surface area (Å²) in [5.74, 6) is 0. The Morgan fingerprint density at radius 1 is 0.337 bits per heavy atom. The van der Waals surface area contributed by atoms with Crippen molar-refractivity contribution in [3.63, 3.8) is 0 Å². The number of benzene rings is 13. The van der Waals surface area contributed by atoms with Crippen molar-refractivity contribution in [1.82, 2.24) is 9.13 Å². The summed E-state index contributed by atoms with van der Waals surface area (Å²) in [6.45, 7) is 9.73. The van der Waals surface area contributed by atoms with E-state index in [1.807, 2.05) is 40.9 Å². The van der Waals surface area contributed by atoms with E-state index in [0.717, 1.165) is 125 Å². The van der Waals surface area contributed by atoms with Crippen LogP contribution < -0.4 is 0 Å². The highest BCUT2D eigenvalue weighted by Crippen LogP contribution is 2.57. The Bertz CT molecular complexity index is 5420. The molecule has 0 atom stereocenters. The maximum absolute atomic E-state index is 12.8. The Morgan fingerprint density at radius 2 is 0.721 bits per heavy atom. The molecule has 0 radical (unpaired) electrons. The van der Waals surface area contributed by atoms with Gasteiger partial charge in [0.25, 0.3) is 0 Å². The molecule has 0 aliphatic carbocycles. The number of fused-ring (bicyclic) bond motifs is 14. The summed E-state index contributed by atoms with van der Waals surface area (Å²) in [5, 5.41) is 21.7. The molecule has 0 fully saturated rings. The lowest BCUT2D eigenvalue weighted by Gasteiger charge is -2.26. The number of aromatic nitrogens is 2. The van der Waals surface area contributed by atoms with Gasteiger partial charge >= 0.3 is 0 Å². The molecule has 0 aliphatic heterocycles. The van der Waals surface area contributed by atoms with Gasteiger partial charge in [-0.3, -0.25) is 0 Å². The molecule has 0 aliphatic rings. The van der Waals surface area contributed by atoms with Gasteiger partial charge in [0.2, 0.25) is 5.69 Å². The smallest absolute Gasteiger partial charge is 0.220 e. The fourth-order valence-corrected chi connectivity index (χ4v) is 16.2. The number of para-hydroxylation sites is 2. The quantitative estimate of drug-likeness (QED) is 0.140. The van der Waals surface area contributed by atoms with Crippen LogP contribution in [-0.4, -0.2) is 9.13 Å². The molecular weight excluding hydrogens is 1080 g/mol. The van der Waals surface area contributed by atoms with Crippen molar-refractivity contribution >= 4 is 112 Å². The molecule has 13 aromatic carbocycles. The van der Waals surface area contributed by atoms with Crippen LogP contribution >= 0.6 is 22.7 Å². The van der Waals surface area contributed by atoms with Crippen LogP contribution in [0.3, 0.4) is 0 Å². The van der Waals surface area contributed by atoms with Crippen molar-refractivity contribution in [2.24, 2.45) is 0 Å². The average Bonchev–Trinajstić information content (AvgIpc) is 1.52. The molecule has 4 heterocycles. The zero-order valence-corrected chi connectivity index (χ0v) is 47.8. The van der Waals surface area contributed by atoms with Crippen LogP contribution in [0.1, 0.15) is 5.56 Å². The first kappa shape index (κ1) is 49.5. The molecule has 0 amide bonds. The number of rotatable bonds is 8. The number of hydrogen-bond donors (Lipinski definition) is 0. The highest BCUT2D eigenvalue weighted by atomic mass is 32.1.